The summed E-state index contributed by atoms with van der Waals surface area (Å²) in [6.07, 6.45) is 1.03. The molecule has 1 atom stereocenters. The van der Waals surface area contributed by atoms with Crippen LogP contribution in [0.1, 0.15) is 0 Å². The van der Waals surface area contributed by atoms with Crippen molar-refractivity contribution in [1.82, 2.24) is 15.5 Å². The van der Waals surface area contributed by atoms with Crippen molar-refractivity contribution in [3.05, 3.63) is 54.9 Å². The van der Waals surface area contributed by atoms with Crippen LogP contribution in [0.5, 0.6) is 17.2 Å². The quantitative estimate of drug-likeness (QED) is 0.712. The molecule has 0 radical (unpaired) electrons. The molecule has 0 aliphatic carbocycles. The molecule has 1 aromatic heterocycles. The van der Waals surface area contributed by atoms with E-state index in [0.717, 1.165) is 5.56 Å². The maximum Gasteiger partial charge on any atom is 0.258 e. The van der Waals surface area contributed by atoms with Gasteiger partial charge in [-0.05, 0) is 36.4 Å². The lowest BCUT2D eigenvalue weighted by Crippen LogP contribution is -2.42. The van der Waals surface area contributed by atoms with Crippen molar-refractivity contribution in [3.8, 4) is 28.7 Å². The van der Waals surface area contributed by atoms with E-state index in [-0.39, 0.29) is 18.6 Å². The van der Waals surface area contributed by atoms with Crippen LogP contribution in [0.15, 0.2) is 59.3 Å². The van der Waals surface area contributed by atoms with Crippen molar-refractivity contribution in [2.75, 3.05) is 19.8 Å². The van der Waals surface area contributed by atoms with Gasteiger partial charge in [0.05, 0.1) is 6.54 Å². The molecule has 4 rings (SSSR count). The largest absolute Gasteiger partial charge is 0.486 e. The summed E-state index contributed by atoms with van der Waals surface area (Å²) >= 11 is 0. The minimum Gasteiger partial charge on any atom is -0.486 e. The van der Waals surface area contributed by atoms with Crippen LogP contribution in [0.25, 0.3) is 11.5 Å². The maximum atomic E-state index is 12.0. The van der Waals surface area contributed by atoms with Gasteiger partial charge >= 0.3 is 0 Å². The third kappa shape index (κ3) is 4.17. The van der Waals surface area contributed by atoms with Gasteiger partial charge in [0.25, 0.3) is 5.91 Å². The lowest BCUT2D eigenvalue weighted by molar-refractivity contribution is -0.123. The predicted octanol–water partition coefficient (Wildman–Crippen LogP) is 2.07. The van der Waals surface area contributed by atoms with Crippen LogP contribution in [0.2, 0.25) is 0 Å². The Hall–Kier alpha value is -3.55. The first-order chi connectivity index (χ1) is 13.3. The maximum absolute atomic E-state index is 12.0. The number of fused-ring (bicyclic) bond motifs is 1. The topological polar surface area (TPSA) is 95.7 Å². The van der Waals surface area contributed by atoms with Crippen molar-refractivity contribution >= 4 is 5.91 Å². The highest BCUT2D eigenvalue weighted by Gasteiger charge is 2.21. The van der Waals surface area contributed by atoms with E-state index in [1.807, 2.05) is 24.3 Å². The fourth-order valence-corrected chi connectivity index (χ4v) is 2.58. The lowest BCUT2D eigenvalue weighted by atomic mass is 10.2. The summed E-state index contributed by atoms with van der Waals surface area (Å²) in [4.78, 5) is 12.0. The molecule has 3 aromatic rings. The normalized spacial score (nSPS) is 15.2. The molecule has 0 saturated heterocycles. The van der Waals surface area contributed by atoms with Crippen molar-refractivity contribution in [1.29, 1.82) is 0 Å². The summed E-state index contributed by atoms with van der Waals surface area (Å²) in [6, 6.07) is 14.5. The Labute approximate surface area is 155 Å². The molecule has 1 N–H and O–H groups in total. The smallest absolute Gasteiger partial charge is 0.258 e. The Morgan fingerprint density at radius 2 is 1.96 bits per heavy atom. The zero-order chi connectivity index (χ0) is 18.5. The van der Waals surface area contributed by atoms with Crippen LogP contribution < -0.4 is 19.5 Å². The van der Waals surface area contributed by atoms with Crippen LogP contribution >= 0.6 is 0 Å². The van der Waals surface area contributed by atoms with E-state index >= 15 is 0 Å². The second kappa shape index (κ2) is 7.77. The highest BCUT2D eigenvalue weighted by molar-refractivity contribution is 5.77. The van der Waals surface area contributed by atoms with Gasteiger partial charge < -0.3 is 23.9 Å². The molecule has 8 nitrogen and oxygen atoms in total. The number of carbonyl (C=O) groups is 1. The molecule has 0 unspecified atom stereocenters. The number of nitrogens with one attached hydrogen (secondary N) is 1. The molecule has 1 amide bonds. The standard InChI is InChI=1S/C19H17N3O5/c23-18(20-9-15-10-25-16-3-1-2-4-17(16)27-15)11-24-14-7-5-13(6-8-14)19-22-21-12-26-19/h1-8,12,15H,9-11H2,(H,20,23)/t15-/m1/s1. The van der Waals surface area contributed by atoms with Crippen LogP contribution in [0.4, 0.5) is 0 Å². The summed E-state index contributed by atoms with van der Waals surface area (Å²) in [5, 5.41) is 10.2. The van der Waals surface area contributed by atoms with Gasteiger partial charge in [0.15, 0.2) is 18.1 Å². The summed E-state index contributed by atoms with van der Waals surface area (Å²) in [6.45, 7) is 0.631. The molecule has 0 fully saturated rings. The SMILES string of the molecule is O=C(COc1ccc(-c2nnco2)cc1)NC[C@@H]1COc2ccccc2O1. The number of ether oxygens (including phenoxy) is 3. The van der Waals surface area contributed by atoms with E-state index in [1.54, 1.807) is 24.3 Å². The third-order valence-corrected chi connectivity index (χ3v) is 3.93. The molecule has 0 bridgehead atoms. The minimum absolute atomic E-state index is 0.0932. The third-order valence-electron chi connectivity index (χ3n) is 3.93. The van der Waals surface area contributed by atoms with Gasteiger partial charge in [0, 0.05) is 5.56 Å². The van der Waals surface area contributed by atoms with E-state index < -0.39 is 0 Å². The highest BCUT2D eigenvalue weighted by Crippen LogP contribution is 2.30. The minimum atomic E-state index is -0.238. The zero-order valence-electron chi connectivity index (χ0n) is 14.3. The van der Waals surface area contributed by atoms with Gasteiger partial charge in [0.1, 0.15) is 18.5 Å². The van der Waals surface area contributed by atoms with E-state index in [9.17, 15) is 4.79 Å². The molecule has 0 spiro atoms. The Balaban J connectivity index is 1.22. The molecule has 2 heterocycles. The fraction of sp³-hybridized carbons (Fsp3) is 0.211. The Kier molecular flexibility index (Phi) is 4.86. The first-order valence-corrected chi connectivity index (χ1v) is 8.42. The van der Waals surface area contributed by atoms with Gasteiger partial charge in [-0.1, -0.05) is 12.1 Å². The molecule has 2 aromatic carbocycles. The van der Waals surface area contributed by atoms with Crippen molar-refractivity contribution in [2.24, 2.45) is 0 Å². The second-order valence-corrected chi connectivity index (χ2v) is 5.86. The van der Waals surface area contributed by atoms with E-state index in [4.69, 9.17) is 18.6 Å². The average Bonchev–Trinajstić information content (AvgIpc) is 3.26. The molecule has 0 saturated carbocycles. The van der Waals surface area contributed by atoms with E-state index in [0.29, 0.717) is 36.3 Å². The van der Waals surface area contributed by atoms with E-state index in [1.165, 1.54) is 6.39 Å². The molecule has 8 heteroatoms. The highest BCUT2D eigenvalue weighted by atomic mass is 16.6. The van der Waals surface area contributed by atoms with Crippen molar-refractivity contribution in [2.45, 2.75) is 6.10 Å². The molecular weight excluding hydrogens is 350 g/mol. The number of carbonyl (C=O) groups excluding carboxylic acids is 1. The number of para-hydroxylation sites is 2. The molecule has 138 valence electrons. The van der Waals surface area contributed by atoms with Crippen molar-refractivity contribution < 1.29 is 23.4 Å². The van der Waals surface area contributed by atoms with Gasteiger partial charge in [-0.15, -0.1) is 10.2 Å². The van der Waals surface area contributed by atoms with Crippen LogP contribution in [0.3, 0.4) is 0 Å². The molecular formula is C19H17N3O5. The number of nitrogens with zero attached hydrogens (tertiary/aromatic N) is 2. The first-order valence-electron chi connectivity index (χ1n) is 8.42. The summed E-state index contributed by atoms with van der Waals surface area (Å²) < 4.78 is 22.0. The van der Waals surface area contributed by atoms with Gasteiger partial charge in [-0.3, -0.25) is 4.79 Å². The zero-order valence-corrected chi connectivity index (χ0v) is 14.3. The van der Waals surface area contributed by atoms with Gasteiger partial charge in [0.2, 0.25) is 12.3 Å². The monoisotopic (exact) mass is 367 g/mol. The number of amides is 1. The number of benzene rings is 2. The average molecular weight is 367 g/mol. The predicted molar refractivity (Wildman–Crippen MR) is 94.6 cm³/mol. The van der Waals surface area contributed by atoms with E-state index in [2.05, 4.69) is 15.5 Å². The Bertz CT molecular complexity index is 896. The molecule has 1 aliphatic heterocycles. The van der Waals surface area contributed by atoms with Gasteiger partial charge in [-0.25, -0.2) is 0 Å². The summed E-state index contributed by atoms with van der Waals surface area (Å²) in [5.74, 6) is 2.15. The number of rotatable bonds is 6. The number of hydrogen-bond acceptors (Lipinski definition) is 7. The Morgan fingerprint density at radius 1 is 1.15 bits per heavy atom. The first kappa shape index (κ1) is 16.9. The van der Waals surface area contributed by atoms with Crippen LogP contribution in [-0.2, 0) is 4.79 Å². The summed E-state index contributed by atoms with van der Waals surface area (Å²) in [5.41, 5.74) is 0.777. The number of hydrogen-bond donors (Lipinski definition) is 1. The van der Waals surface area contributed by atoms with Crippen molar-refractivity contribution in [3.63, 3.8) is 0 Å². The second-order valence-electron chi connectivity index (χ2n) is 5.86. The summed E-state index contributed by atoms with van der Waals surface area (Å²) in [7, 11) is 0. The van der Waals surface area contributed by atoms with Crippen LogP contribution in [-0.4, -0.2) is 42.0 Å². The van der Waals surface area contributed by atoms with Gasteiger partial charge in [-0.2, -0.15) is 0 Å². The van der Waals surface area contributed by atoms with Crippen LogP contribution in [0, 0.1) is 0 Å². The lowest BCUT2D eigenvalue weighted by Gasteiger charge is -2.26. The molecule has 1 aliphatic rings. The molecule has 27 heavy (non-hydrogen) atoms. The fourth-order valence-electron chi connectivity index (χ4n) is 2.58. The number of aromatic nitrogens is 2. The Morgan fingerprint density at radius 3 is 2.74 bits per heavy atom.